The van der Waals surface area contributed by atoms with Gasteiger partial charge in [0.1, 0.15) is 5.75 Å². The van der Waals surface area contributed by atoms with E-state index in [0.717, 1.165) is 32.4 Å². The van der Waals surface area contributed by atoms with E-state index in [4.69, 9.17) is 9.47 Å². The molecule has 0 radical (unpaired) electrons. The topological polar surface area (TPSA) is 79.9 Å². The van der Waals surface area contributed by atoms with E-state index in [0.29, 0.717) is 37.7 Å². The van der Waals surface area contributed by atoms with Crippen LogP contribution < -0.4 is 15.4 Å². The highest BCUT2D eigenvalue weighted by molar-refractivity contribution is 5.93. The number of nitrogens with zero attached hydrogens (tertiary/aromatic N) is 1. The normalized spacial score (nSPS) is 15.3. The second-order valence-electron chi connectivity index (χ2n) is 6.64. The zero-order valence-electron chi connectivity index (χ0n) is 16.3. The number of carbonyl (C=O) groups is 2. The van der Waals surface area contributed by atoms with Crippen LogP contribution in [0.15, 0.2) is 24.3 Å². The van der Waals surface area contributed by atoms with E-state index in [1.54, 1.807) is 7.11 Å². The summed E-state index contributed by atoms with van der Waals surface area (Å²) in [5, 5.41) is 5.87. The first-order valence-corrected chi connectivity index (χ1v) is 9.64. The summed E-state index contributed by atoms with van der Waals surface area (Å²) in [6, 6.07) is 7.35. The van der Waals surface area contributed by atoms with Gasteiger partial charge in [0, 0.05) is 25.7 Å². The molecule has 27 heavy (non-hydrogen) atoms. The maximum Gasteiger partial charge on any atom is 0.238 e. The third-order valence-corrected chi connectivity index (χ3v) is 4.68. The molecule has 7 heteroatoms. The molecule has 0 bridgehead atoms. The molecule has 1 aliphatic heterocycles. The highest BCUT2D eigenvalue weighted by Gasteiger charge is 2.25. The minimum Gasteiger partial charge on any atom is -0.495 e. The maximum absolute atomic E-state index is 12.3. The highest BCUT2D eigenvalue weighted by Crippen LogP contribution is 2.23. The summed E-state index contributed by atoms with van der Waals surface area (Å²) in [5.41, 5.74) is 0.673. The van der Waals surface area contributed by atoms with Crippen LogP contribution in [0.4, 0.5) is 5.69 Å². The average molecular weight is 377 g/mol. The molecule has 1 aromatic carbocycles. The number of piperidine rings is 1. The molecule has 2 amide bonds. The summed E-state index contributed by atoms with van der Waals surface area (Å²) in [7, 11) is 1.58. The second-order valence-corrected chi connectivity index (χ2v) is 6.64. The van der Waals surface area contributed by atoms with Crippen molar-refractivity contribution in [2.75, 3.05) is 51.8 Å². The van der Waals surface area contributed by atoms with Crippen LogP contribution in [0.25, 0.3) is 0 Å². The number of hydrogen-bond acceptors (Lipinski definition) is 5. The summed E-state index contributed by atoms with van der Waals surface area (Å²) < 4.78 is 10.5. The Balaban J connectivity index is 1.68. The molecule has 1 saturated heterocycles. The molecule has 1 fully saturated rings. The van der Waals surface area contributed by atoms with Crippen LogP contribution >= 0.6 is 0 Å². The molecule has 0 aliphatic carbocycles. The lowest BCUT2D eigenvalue weighted by molar-refractivity contribution is -0.126. The van der Waals surface area contributed by atoms with Crippen molar-refractivity contribution in [3.05, 3.63) is 24.3 Å². The molecule has 0 unspecified atom stereocenters. The minimum atomic E-state index is -0.0710. The smallest absolute Gasteiger partial charge is 0.238 e. The first kappa shape index (κ1) is 21.2. The van der Waals surface area contributed by atoms with E-state index in [2.05, 4.69) is 15.5 Å². The number of nitrogens with one attached hydrogen (secondary N) is 2. The van der Waals surface area contributed by atoms with Gasteiger partial charge in [0.15, 0.2) is 0 Å². The molecule has 150 valence electrons. The van der Waals surface area contributed by atoms with Crippen LogP contribution in [-0.4, -0.2) is 63.2 Å². The first-order chi connectivity index (χ1) is 13.1. The van der Waals surface area contributed by atoms with Gasteiger partial charge in [0.25, 0.3) is 0 Å². The van der Waals surface area contributed by atoms with Crippen molar-refractivity contribution >= 4 is 17.5 Å². The molecule has 0 spiro atoms. The van der Waals surface area contributed by atoms with Gasteiger partial charge in [-0.25, -0.2) is 0 Å². The van der Waals surface area contributed by atoms with Crippen molar-refractivity contribution in [3.8, 4) is 5.75 Å². The maximum atomic E-state index is 12.3. The molecule has 1 aromatic rings. The predicted octanol–water partition coefficient (Wildman–Crippen LogP) is 1.89. The Kier molecular flexibility index (Phi) is 9.07. The number of carbonyl (C=O) groups excluding carboxylic acids is 2. The quantitative estimate of drug-likeness (QED) is 0.609. The zero-order chi connectivity index (χ0) is 19.5. The summed E-state index contributed by atoms with van der Waals surface area (Å²) >= 11 is 0. The van der Waals surface area contributed by atoms with E-state index in [1.807, 2.05) is 31.2 Å². The zero-order valence-corrected chi connectivity index (χ0v) is 16.3. The largest absolute Gasteiger partial charge is 0.495 e. The number of methoxy groups -OCH3 is 1. The fourth-order valence-electron chi connectivity index (χ4n) is 3.17. The number of amides is 2. The molecule has 2 rings (SSSR count). The van der Waals surface area contributed by atoms with Crippen LogP contribution in [-0.2, 0) is 14.3 Å². The van der Waals surface area contributed by atoms with Crippen molar-refractivity contribution in [2.24, 2.45) is 5.92 Å². The summed E-state index contributed by atoms with van der Waals surface area (Å²) in [4.78, 5) is 26.6. The van der Waals surface area contributed by atoms with Crippen molar-refractivity contribution in [2.45, 2.75) is 26.2 Å². The Labute approximate surface area is 161 Å². The Morgan fingerprint density at radius 2 is 1.96 bits per heavy atom. The molecule has 0 atom stereocenters. The van der Waals surface area contributed by atoms with Gasteiger partial charge in [-0.05, 0) is 51.4 Å². The van der Waals surface area contributed by atoms with Crippen LogP contribution in [0.2, 0.25) is 0 Å². The molecule has 2 N–H and O–H groups in total. The Bertz CT molecular complexity index is 601. The Morgan fingerprint density at radius 3 is 2.67 bits per heavy atom. The molecule has 1 heterocycles. The van der Waals surface area contributed by atoms with Gasteiger partial charge < -0.3 is 20.1 Å². The van der Waals surface area contributed by atoms with Gasteiger partial charge in [-0.2, -0.15) is 0 Å². The van der Waals surface area contributed by atoms with Gasteiger partial charge in [0.2, 0.25) is 11.8 Å². The van der Waals surface area contributed by atoms with E-state index in [1.165, 1.54) is 0 Å². The van der Waals surface area contributed by atoms with Gasteiger partial charge in [0.05, 0.1) is 19.3 Å². The van der Waals surface area contributed by atoms with Crippen LogP contribution in [0, 0.1) is 5.92 Å². The number of anilines is 1. The first-order valence-electron chi connectivity index (χ1n) is 9.64. The summed E-state index contributed by atoms with van der Waals surface area (Å²) in [6.07, 6.45) is 2.39. The fourth-order valence-corrected chi connectivity index (χ4v) is 3.17. The molecule has 1 aliphatic rings. The second kappa shape index (κ2) is 11.6. The van der Waals surface area contributed by atoms with E-state index in [9.17, 15) is 9.59 Å². The number of para-hydroxylation sites is 2. The van der Waals surface area contributed by atoms with Gasteiger partial charge in [-0.3, -0.25) is 14.5 Å². The van der Waals surface area contributed by atoms with Crippen molar-refractivity contribution in [1.82, 2.24) is 10.2 Å². The van der Waals surface area contributed by atoms with E-state index < -0.39 is 0 Å². The number of benzene rings is 1. The molecule has 0 saturated carbocycles. The van der Waals surface area contributed by atoms with Gasteiger partial charge >= 0.3 is 0 Å². The number of likely N-dealkylation sites (tertiary alicyclic amines) is 1. The van der Waals surface area contributed by atoms with E-state index in [-0.39, 0.29) is 17.7 Å². The molecular formula is C20H31N3O4. The standard InChI is InChI=1S/C20H31N3O4/c1-3-27-14-6-11-21-20(25)16-9-12-23(13-10-16)15-19(24)22-17-7-4-5-8-18(17)26-2/h4-5,7-8,16H,3,6,9-15H2,1-2H3,(H,21,25)(H,22,24). The predicted molar refractivity (Wildman–Crippen MR) is 105 cm³/mol. The van der Waals surface area contributed by atoms with Crippen molar-refractivity contribution in [1.29, 1.82) is 0 Å². The molecule has 7 nitrogen and oxygen atoms in total. The Morgan fingerprint density at radius 1 is 1.22 bits per heavy atom. The third kappa shape index (κ3) is 7.19. The van der Waals surface area contributed by atoms with Gasteiger partial charge in [-0.15, -0.1) is 0 Å². The minimum absolute atomic E-state index is 0.0330. The van der Waals surface area contributed by atoms with Crippen molar-refractivity contribution in [3.63, 3.8) is 0 Å². The number of hydrogen-bond donors (Lipinski definition) is 2. The number of ether oxygens (including phenoxy) is 2. The third-order valence-electron chi connectivity index (χ3n) is 4.68. The lowest BCUT2D eigenvalue weighted by atomic mass is 9.96. The lowest BCUT2D eigenvalue weighted by Gasteiger charge is -2.30. The average Bonchev–Trinajstić information content (AvgIpc) is 2.68. The summed E-state index contributed by atoms with van der Waals surface area (Å²) in [6.45, 7) is 5.81. The molecular weight excluding hydrogens is 346 g/mol. The summed E-state index contributed by atoms with van der Waals surface area (Å²) in [5.74, 6) is 0.721. The lowest BCUT2D eigenvalue weighted by Crippen LogP contribution is -2.43. The monoisotopic (exact) mass is 377 g/mol. The molecule has 0 aromatic heterocycles. The van der Waals surface area contributed by atoms with Crippen LogP contribution in [0.3, 0.4) is 0 Å². The fraction of sp³-hybridized carbons (Fsp3) is 0.600. The van der Waals surface area contributed by atoms with Crippen LogP contribution in [0.1, 0.15) is 26.2 Å². The van der Waals surface area contributed by atoms with Crippen LogP contribution in [0.5, 0.6) is 5.75 Å². The number of rotatable bonds is 10. The Hall–Kier alpha value is -2.12. The highest BCUT2D eigenvalue weighted by atomic mass is 16.5. The van der Waals surface area contributed by atoms with E-state index >= 15 is 0 Å². The SMILES string of the molecule is CCOCCCNC(=O)C1CCN(CC(=O)Nc2ccccc2OC)CC1. The van der Waals surface area contributed by atoms with Crippen molar-refractivity contribution < 1.29 is 19.1 Å². The van der Waals surface area contributed by atoms with Gasteiger partial charge in [-0.1, -0.05) is 12.1 Å².